The average molecular weight is 387 g/mol. The first-order valence-electron chi connectivity index (χ1n) is 9.06. The van der Waals surface area contributed by atoms with Gasteiger partial charge in [-0.3, -0.25) is 14.4 Å². The first-order chi connectivity index (χ1) is 13.4. The van der Waals surface area contributed by atoms with Gasteiger partial charge in [-0.25, -0.2) is 4.39 Å². The summed E-state index contributed by atoms with van der Waals surface area (Å²) >= 11 is 0. The summed E-state index contributed by atoms with van der Waals surface area (Å²) in [4.78, 5) is 37.3. The van der Waals surface area contributed by atoms with Crippen molar-refractivity contribution >= 4 is 11.8 Å². The van der Waals surface area contributed by atoms with Crippen LogP contribution in [0.15, 0.2) is 41.3 Å². The van der Waals surface area contributed by atoms with Gasteiger partial charge in [0, 0.05) is 31.5 Å². The van der Waals surface area contributed by atoms with E-state index in [0.29, 0.717) is 6.42 Å². The molecule has 0 aliphatic heterocycles. The molecular weight excluding hydrogens is 365 g/mol. The van der Waals surface area contributed by atoms with E-state index >= 15 is 0 Å². The maximum atomic E-state index is 14.0. The minimum atomic E-state index is -0.619. The SMILES string of the molecule is CNC(=O)c1cc(C(=O)N[C@@H]2C[C@H]2CCO)cn(Cc2ccccc2F)c1=O. The van der Waals surface area contributed by atoms with Crippen molar-refractivity contribution in [3.8, 4) is 0 Å². The second-order valence-electron chi connectivity index (χ2n) is 6.83. The smallest absolute Gasteiger partial charge is 0.263 e. The Balaban J connectivity index is 1.92. The number of hydrogen-bond donors (Lipinski definition) is 3. The summed E-state index contributed by atoms with van der Waals surface area (Å²) in [7, 11) is 1.39. The van der Waals surface area contributed by atoms with E-state index in [4.69, 9.17) is 5.11 Å². The van der Waals surface area contributed by atoms with Crippen LogP contribution in [-0.4, -0.2) is 41.2 Å². The molecule has 2 aromatic rings. The van der Waals surface area contributed by atoms with E-state index in [1.165, 1.54) is 31.4 Å². The Morgan fingerprint density at radius 3 is 2.71 bits per heavy atom. The highest BCUT2D eigenvalue weighted by atomic mass is 19.1. The minimum absolute atomic E-state index is 0.0324. The topological polar surface area (TPSA) is 100 Å². The standard InChI is InChI=1S/C20H22FN3O4/c1-22-19(27)15-8-14(18(26)23-17-9-12(17)6-7-25)11-24(20(15)28)10-13-4-2-3-5-16(13)21/h2-5,8,11-12,17,25H,6-7,9-10H2,1H3,(H,22,27)(H,23,26)/t12-,17-/m1/s1. The molecule has 1 aliphatic rings. The molecule has 1 saturated carbocycles. The van der Waals surface area contributed by atoms with Gasteiger partial charge in [0.1, 0.15) is 11.4 Å². The van der Waals surface area contributed by atoms with Crippen LogP contribution in [0, 0.1) is 11.7 Å². The fourth-order valence-electron chi connectivity index (χ4n) is 3.15. The quantitative estimate of drug-likeness (QED) is 0.657. The second kappa shape index (κ2) is 8.35. The molecule has 1 aromatic carbocycles. The summed E-state index contributed by atoms with van der Waals surface area (Å²) in [5.74, 6) is -1.28. The molecule has 1 heterocycles. The van der Waals surface area contributed by atoms with Crippen molar-refractivity contribution in [3.63, 3.8) is 0 Å². The number of aromatic nitrogens is 1. The number of rotatable bonds is 7. The number of hydrogen-bond acceptors (Lipinski definition) is 4. The monoisotopic (exact) mass is 387 g/mol. The van der Waals surface area contributed by atoms with Crippen LogP contribution >= 0.6 is 0 Å². The number of aliphatic hydroxyl groups excluding tert-OH is 1. The van der Waals surface area contributed by atoms with E-state index in [1.807, 2.05) is 0 Å². The summed E-state index contributed by atoms with van der Waals surface area (Å²) in [6.45, 7) is -0.0431. The number of halogens is 1. The van der Waals surface area contributed by atoms with Crippen molar-refractivity contribution in [2.75, 3.05) is 13.7 Å². The highest BCUT2D eigenvalue weighted by molar-refractivity contribution is 5.99. The largest absolute Gasteiger partial charge is 0.396 e. The Morgan fingerprint density at radius 2 is 2.04 bits per heavy atom. The zero-order chi connectivity index (χ0) is 20.3. The van der Waals surface area contributed by atoms with Gasteiger partial charge in [0.2, 0.25) is 0 Å². The molecule has 0 spiro atoms. The molecule has 28 heavy (non-hydrogen) atoms. The van der Waals surface area contributed by atoms with E-state index in [2.05, 4.69) is 10.6 Å². The first kappa shape index (κ1) is 19.8. The Kier molecular flexibility index (Phi) is 5.89. The molecule has 148 valence electrons. The summed E-state index contributed by atoms with van der Waals surface area (Å²) in [5.41, 5.74) is -0.377. The molecule has 0 bridgehead atoms. The third kappa shape index (κ3) is 4.28. The predicted octanol–water partition coefficient (Wildman–Crippen LogP) is 0.896. The molecule has 1 aromatic heterocycles. The lowest BCUT2D eigenvalue weighted by Gasteiger charge is -2.12. The van der Waals surface area contributed by atoms with Crippen LogP contribution in [-0.2, 0) is 6.54 Å². The van der Waals surface area contributed by atoms with E-state index in [0.717, 1.165) is 11.0 Å². The highest BCUT2D eigenvalue weighted by Gasteiger charge is 2.37. The molecule has 7 nitrogen and oxygen atoms in total. The summed E-state index contributed by atoms with van der Waals surface area (Å²) in [6.07, 6.45) is 2.73. The van der Waals surface area contributed by atoms with Crippen molar-refractivity contribution in [1.82, 2.24) is 15.2 Å². The van der Waals surface area contributed by atoms with Crippen molar-refractivity contribution in [2.45, 2.75) is 25.4 Å². The Bertz CT molecular complexity index is 957. The maximum Gasteiger partial charge on any atom is 0.263 e. The van der Waals surface area contributed by atoms with Gasteiger partial charge in [0.25, 0.3) is 17.4 Å². The molecular formula is C20H22FN3O4. The lowest BCUT2D eigenvalue weighted by Crippen LogP contribution is -2.34. The summed E-state index contributed by atoms with van der Waals surface area (Å²) in [6, 6.07) is 7.23. The first-order valence-corrected chi connectivity index (χ1v) is 9.06. The lowest BCUT2D eigenvalue weighted by atomic mass is 10.1. The number of carbonyl (C=O) groups excluding carboxylic acids is 2. The highest BCUT2D eigenvalue weighted by Crippen LogP contribution is 2.33. The molecule has 8 heteroatoms. The van der Waals surface area contributed by atoms with E-state index < -0.39 is 23.2 Å². The molecule has 1 fully saturated rings. The number of pyridine rings is 1. The minimum Gasteiger partial charge on any atom is -0.396 e. The lowest BCUT2D eigenvalue weighted by molar-refractivity contribution is 0.0947. The van der Waals surface area contributed by atoms with Crippen LogP contribution < -0.4 is 16.2 Å². The predicted molar refractivity (Wildman–Crippen MR) is 101 cm³/mol. The number of benzene rings is 1. The molecule has 2 atom stereocenters. The molecule has 1 aliphatic carbocycles. The Labute approximate surface area is 161 Å². The van der Waals surface area contributed by atoms with Crippen LogP contribution in [0.1, 0.15) is 39.1 Å². The van der Waals surface area contributed by atoms with Crippen molar-refractivity contribution < 1.29 is 19.1 Å². The van der Waals surface area contributed by atoms with Crippen LogP contribution in [0.3, 0.4) is 0 Å². The van der Waals surface area contributed by atoms with E-state index in [-0.39, 0.29) is 41.8 Å². The molecule has 3 N–H and O–H groups in total. The number of nitrogens with zero attached hydrogens (tertiary/aromatic N) is 1. The second-order valence-corrected chi connectivity index (χ2v) is 6.83. The average Bonchev–Trinajstić information content (AvgIpc) is 3.41. The normalized spacial score (nSPS) is 17.8. The van der Waals surface area contributed by atoms with E-state index in [1.54, 1.807) is 12.1 Å². The molecule has 0 radical (unpaired) electrons. The molecule has 0 saturated heterocycles. The third-order valence-electron chi connectivity index (χ3n) is 4.86. The van der Waals surface area contributed by atoms with Gasteiger partial charge in [-0.05, 0) is 30.9 Å². The van der Waals surface area contributed by atoms with Gasteiger partial charge in [0.15, 0.2) is 0 Å². The van der Waals surface area contributed by atoms with Crippen molar-refractivity contribution in [2.24, 2.45) is 5.92 Å². The number of aliphatic hydroxyl groups is 1. The fourth-order valence-corrected chi connectivity index (χ4v) is 3.15. The van der Waals surface area contributed by atoms with Crippen LogP contribution in [0.4, 0.5) is 4.39 Å². The van der Waals surface area contributed by atoms with Crippen LogP contribution in [0.25, 0.3) is 0 Å². The van der Waals surface area contributed by atoms with Crippen molar-refractivity contribution in [1.29, 1.82) is 0 Å². The van der Waals surface area contributed by atoms with Crippen molar-refractivity contribution in [3.05, 3.63) is 69.4 Å². The zero-order valence-electron chi connectivity index (χ0n) is 15.4. The number of carbonyl (C=O) groups is 2. The van der Waals surface area contributed by atoms with E-state index in [9.17, 15) is 18.8 Å². The van der Waals surface area contributed by atoms with Gasteiger partial charge in [-0.2, -0.15) is 0 Å². The molecule has 0 unspecified atom stereocenters. The van der Waals surface area contributed by atoms with Gasteiger partial charge in [0.05, 0.1) is 12.1 Å². The van der Waals surface area contributed by atoms with Gasteiger partial charge >= 0.3 is 0 Å². The summed E-state index contributed by atoms with van der Waals surface area (Å²) < 4.78 is 15.2. The van der Waals surface area contributed by atoms with Crippen LogP contribution in [0.2, 0.25) is 0 Å². The number of nitrogens with one attached hydrogen (secondary N) is 2. The molecule has 2 amide bonds. The summed E-state index contributed by atoms with van der Waals surface area (Å²) in [5, 5.41) is 14.2. The maximum absolute atomic E-state index is 14.0. The van der Waals surface area contributed by atoms with Gasteiger partial charge in [-0.1, -0.05) is 18.2 Å². The Hall–Kier alpha value is -3.00. The fraction of sp³-hybridized carbons (Fsp3) is 0.350. The number of amides is 2. The zero-order valence-corrected chi connectivity index (χ0v) is 15.4. The molecule has 3 rings (SSSR count). The third-order valence-corrected chi connectivity index (χ3v) is 4.86. The van der Waals surface area contributed by atoms with Gasteiger partial charge < -0.3 is 20.3 Å². The van der Waals surface area contributed by atoms with Gasteiger partial charge in [-0.15, -0.1) is 0 Å². The van der Waals surface area contributed by atoms with Crippen LogP contribution in [0.5, 0.6) is 0 Å². The Morgan fingerprint density at radius 1 is 1.29 bits per heavy atom.